The maximum absolute atomic E-state index is 12.4. The highest BCUT2D eigenvalue weighted by molar-refractivity contribution is 6.34. The molecule has 0 heterocycles. The van der Waals surface area contributed by atoms with Crippen molar-refractivity contribution in [1.82, 2.24) is 5.32 Å². The molecule has 4 N–H and O–H groups in total. The second-order valence-corrected chi connectivity index (χ2v) is 7.91. The van der Waals surface area contributed by atoms with Crippen molar-refractivity contribution in [2.45, 2.75) is 64.5 Å². The normalized spacial score (nSPS) is 20.0. The number of anilines is 1. The van der Waals surface area contributed by atoms with E-state index in [1.807, 2.05) is 20.8 Å². The number of amides is 2. The standard InChI is InChI=1S/C19H28ClN3O2.ClH/c1-4-19(2,3)23-18(25)15-9-8-14(11-16(15)20)22-17(24)12-6-5-7-13(21)10-12;/h8-9,11-13H,4-7,10,21H2,1-3H3,(H,22,24)(H,23,25);1H. The first-order valence-electron chi connectivity index (χ1n) is 8.90. The molecule has 5 nitrogen and oxygen atoms in total. The van der Waals surface area contributed by atoms with E-state index in [2.05, 4.69) is 10.6 Å². The van der Waals surface area contributed by atoms with Gasteiger partial charge in [-0.2, -0.15) is 0 Å². The van der Waals surface area contributed by atoms with Gasteiger partial charge in [0.15, 0.2) is 0 Å². The zero-order chi connectivity index (χ0) is 18.6. The minimum atomic E-state index is -0.299. The molecule has 0 radical (unpaired) electrons. The van der Waals surface area contributed by atoms with Gasteiger partial charge in [0.25, 0.3) is 5.91 Å². The number of benzene rings is 1. The molecule has 2 atom stereocenters. The third-order valence-electron chi connectivity index (χ3n) is 4.90. The molecule has 1 aliphatic rings. The Morgan fingerprint density at radius 2 is 2.00 bits per heavy atom. The zero-order valence-electron chi connectivity index (χ0n) is 15.6. The lowest BCUT2D eigenvalue weighted by atomic mass is 9.85. The fourth-order valence-electron chi connectivity index (χ4n) is 2.95. The quantitative estimate of drug-likeness (QED) is 0.692. The first-order chi connectivity index (χ1) is 11.7. The predicted octanol–water partition coefficient (Wildman–Crippen LogP) is 4.14. The van der Waals surface area contributed by atoms with Gasteiger partial charge >= 0.3 is 0 Å². The molecule has 0 aliphatic heterocycles. The van der Waals surface area contributed by atoms with Gasteiger partial charge in [0.1, 0.15) is 0 Å². The number of rotatable bonds is 5. The van der Waals surface area contributed by atoms with Crippen LogP contribution in [0.2, 0.25) is 5.02 Å². The molecule has 1 saturated carbocycles. The maximum Gasteiger partial charge on any atom is 0.253 e. The van der Waals surface area contributed by atoms with Gasteiger partial charge in [0.05, 0.1) is 10.6 Å². The van der Waals surface area contributed by atoms with Crippen LogP contribution in [-0.2, 0) is 4.79 Å². The van der Waals surface area contributed by atoms with Crippen LogP contribution in [0.25, 0.3) is 0 Å². The van der Waals surface area contributed by atoms with Gasteiger partial charge in [-0.3, -0.25) is 9.59 Å². The van der Waals surface area contributed by atoms with Gasteiger partial charge < -0.3 is 16.4 Å². The summed E-state index contributed by atoms with van der Waals surface area (Å²) in [5, 5.41) is 6.16. The average molecular weight is 402 g/mol. The molecule has 1 aromatic rings. The number of nitrogens with one attached hydrogen (secondary N) is 2. The summed E-state index contributed by atoms with van der Waals surface area (Å²) in [5.41, 5.74) is 6.65. The van der Waals surface area contributed by atoms with Crippen LogP contribution in [0.3, 0.4) is 0 Å². The summed E-state index contributed by atoms with van der Waals surface area (Å²) in [5.74, 6) is -0.306. The van der Waals surface area contributed by atoms with Crippen LogP contribution in [0.15, 0.2) is 18.2 Å². The number of carbonyl (C=O) groups excluding carboxylic acids is 2. The second kappa shape index (κ2) is 9.58. The summed E-state index contributed by atoms with van der Waals surface area (Å²) in [4.78, 5) is 24.7. The van der Waals surface area contributed by atoms with Crippen LogP contribution < -0.4 is 16.4 Å². The molecule has 7 heteroatoms. The monoisotopic (exact) mass is 401 g/mol. The Hall–Kier alpha value is -1.30. The van der Waals surface area contributed by atoms with E-state index in [9.17, 15) is 9.59 Å². The summed E-state index contributed by atoms with van der Waals surface area (Å²) < 4.78 is 0. The molecule has 0 aromatic heterocycles. The molecule has 1 fully saturated rings. The fourth-order valence-corrected chi connectivity index (χ4v) is 3.22. The van der Waals surface area contributed by atoms with Crippen LogP contribution in [0.4, 0.5) is 5.69 Å². The number of carbonyl (C=O) groups is 2. The Bertz CT molecular complexity index is 650. The Labute approximate surface area is 166 Å². The Balaban J connectivity index is 0.00000338. The average Bonchev–Trinajstić information content (AvgIpc) is 2.54. The van der Waals surface area contributed by atoms with Gasteiger partial charge in [-0.15, -0.1) is 12.4 Å². The van der Waals surface area contributed by atoms with E-state index in [1.165, 1.54) is 0 Å². The predicted molar refractivity (Wildman–Crippen MR) is 109 cm³/mol. The molecule has 26 heavy (non-hydrogen) atoms. The van der Waals surface area contributed by atoms with Crippen molar-refractivity contribution in [2.24, 2.45) is 11.7 Å². The SMILES string of the molecule is CCC(C)(C)NC(=O)c1ccc(NC(=O)C2CCCC(N)C2)cc1Cl.Cl. The maximum atomic E-state index is 12.4. The molecule has 2 rings (SSSR count). The van der Waals surface area contributed by atoms with Crippen LogP contribution in [0, 0.1) is 5.92 Å². The lowest BCUT2D eigenvalue weighted by molar-refractivity contribution is -0.120. The van der Waals surface area contributed by atoms with E-state index >= 15 is 0 Å². The Morgan fingerprint density at radius 3 is 2.58 bits per heavy atom. The van der Waals surface area contributed by atoms with Gasteiger partial charge in [-0.1, -0.05) is 24.9 Å². The van der Waals surface area contributed by atoms with Gasteiger partial charge in [0.2, 0.25) is 5.91 Å². The summed E-state index contributed by atoms with van der Waals surface area (Å²) in [6.45, 7) is 5.93. The van der Waals surface area contributed by atoms with Gasteiger partial charge in [0, 0.05) is 23.2 Å². The molecule has 1 aromatic carbocycles. The number of nitrogens with two attached hydrogens (primary N) is 1. The molecule has 1 aliphatic carbocycles. The van der Waals surface area contributed by atoms with E-state index in [4.69, 9.17) is 17.3 Å². The number of halogens is 2. The zero-order valence-corrected chi connectivity index (χ0v) is 17.2. The lowest BCUT2D eigenvalue weighted by Crippen LogP contribution is -2.42. The smallest absolute Gasteiger partial charge is 0.253 e. The molecular weight excluding hydrogens is 373 g/mol. The van der Waals surface area contributed by atoms with Crippen LogP contribution >= 0.6 is 24.0 Å². The van der Waals surface area contributed by atoms with Gasteiger partial charge in [-0.25, -0.2) is 0 Å². The van der Waals surface area contributed by atoms with Crippen LogP contribution in [-0.4, -0.2) is 23.4 Å². The fraction of sp³-hybridized carbons (Fsp3) is 0.579. The highest BCUT2D eigenvalue weighted by Gasteiger charge is 2.26. The minimum absolute atomic E-state index is 0. The van der Waals surface area contributed by atoms with E-state index in [-0.39, 0.29) is 41.7 Å². The first-order valence-corrected chi connectivity index (χ1v) is 9.28. The molecule has 0 spiro atoms. The molecule has 0 bridgehead atoms. The molecule has 2 amide bonds. The summed E-state index contributed by atoms with van der Waals surface area (Å²) in [6.07, 6.45) is 4.35. The van der Waals surface area contributed by atoms with Crippen molar-refractivity contribution in [1.29, 1.82) is 0 Å². The Morgan fingerprint density at radius 1 is 1.31 bits per heavy atom. The van der Waals surface area contributed by atoms with E-state index in [0.717, 1.165) is 25.7 Å². The van der Waals surface area contributed by atoms with Crippen molar-refractivity contribution >= 4 is 41.5 Å². The van der Waals surface area contributed by atoms with E-state index < -0.39 is 0 Å². The Kier molecular flexibility index (Phi) is 8.38. The largest absolute Gasteiger partial charge is 0.347 e. The van der Waals surface area contributed by atoms with Crippen LogP contribution in [0.1, 0.15) is 63.2 Å². The minimum Gasteiger partial charge on any atom is -0.347 e. The third-order valence-corrected chi connectivity index (χ3v) is 5.22. The van der Waals surface area contributed by atoms with Crippen LogP contribution in [0.5, 0.6) is 0 Å². The third kappa shape index (κ3) is 6.15. The number of hydrogen-bond donors (Lipinski definition) is 3. The highest BCUT2D eigenvalue weighted by Crippen LogP contribution is 2.26. The highest BCUT2D eigenvalue weighted by atomic mass is 35.5. The molecule has 2 unspecified atom stereocenters. The number of hydrogen-bond acceptors (Lipinski definition) is 3. The van der Waals surface area contributed by atoms with E-state index in [0.29, 0.717) is 22.7 Å². The first kappa shape index (κ1) is 22.7. The van der Waals surface area contributed by atoms with Crippen molar-refractivity contribution in [3.05, 3.63) is 28.8 Å². The van der Waals surface area contributed by atoms with Crippen molar-refractivity contribution in [3.8, 4) is 0 Å². The summed E-state index contributed by atoms with van der Waals surface area (Å²) in [6, 6.07) is 5.07. The lowest BCUT2D eigenvalue weighted by Gasteiger charge is -2.26. The summed E-state index contributed by atoms with van der Waals surface area (Å²) in [7, 11) is 0. The van der Waals surface area contributed by atoms with E-state index in [1.54, 1.807) is 18.2 Å². The van der Waals surface area contributed by atoms with Crippen molar-refractivity contribution in [2.75, 3.05) is 5.32 Å². The van der Waals surface area contributed by atoms with Crippen molar-refractivity contribution in [3.63, 3.8) is 0 Å². The summed E-state index contributed by atoms with van der Waals surface area (Å²) >= 11 is 6.26. The molecule has 146 valence electrons. The van der Waals surface area contributed by atoms with Gasteiger partial charge in [-0.05, 0) is 57.7 Å². The second-order valence-electron chi connectivity index (χ2n) is 7.50. The van der Waals surface area contributed by atoms with Crippen molar-refractivity contribution < 1.29 is 9.59 Å². The molecular formula is C19H29Cl2N3O2. The topological polar surface area (TPSA) is 84.2 Å². The molecule has 0 saturated heterocycles.